The van der Waals surface area contributed by atoms with Crippen molar-refractivity contribution in [3.8, 4) is 34.5 Å². The van der Waals surface area contributed by atoms with E-state index in [9.17, 15) is 19.8 Å². The highest BCUT2D eigenvalue weighted by molar-refractivity contribution is 5.97. The predicted octanol–water partition coefficient (Wildman–Crippen LogP) is 1.64. The lowest BCUT2D eigenvalue weighted by molar-refractivity contribution is 0.0946. The van der Waals surface area contributed by atoms with Gasteiger partial charge in [-0.25, -0.2) is 0 Å². The van der Waals surface area contributed by atoms with Gasteiger partial charge in [0.25, 0.3) is 11.8 Å². The normalized spacial score (nSPS) is 9.94. The number of nitrogens with two attached hydrogens (primary N) is 1. The monoisotopic (exact) mass is 428 g/mol. The van der Waals surface area contributed by atoms with Crippen LogP contribution in [-0.4, -0.2) is 42.5 Å². The van der Waals surface area contributed by atoms with Crippen LogP contribution in [-0.2, 0) is 6.54 Å². The molecule has 0 aromatic heterocycles. The molecule has 3 aromatic carbocycles. The van der Waals surface area contributed by atoms with Gasteiger partial charge in [-0.15, -0.1) is 0 Å². The minimum atomic E-state index is -0.720. The van der Waals surface area contributed by atoms with Crippen molar-refractivity contribution in [3.63, 3.8) is 0 Å². The lowest BCUT2D eigenvalue weighted by atomic mass is 10.1. The molecule has 31 heavy (non-hydrogen) atoms. The summed E-state index contributed by atoms with van der Waals surface area (Å²) in [6.45, 7) is 0.118. The number of carbonyl (C=O) groups excluding carboxylic acids is 2. The molecule has 10 nitrogen and oxygen atoms in total. The van der Waals surface area contributed by atoms with Crippen LogP contribution in [0.2, 0.25) is 0 Å². The van der Waals surface area contributed by atoms with E-state index in [0.29, 0.717) is 5.56 Å². The van der Waals surface area contributed by atoms with Crippen molar-refractivity contribution in [2.75, 3.05) is 0 Å². The molecule has 0 aliphatic rings. The molecule has 0 radical (unpaired) electrons. The molecule has 0 unspecified atom stereocenters. The molecule has 0 aliphatic heterocycles. The fourth-order valence-corrected chi connectivity index (χ4v) is 2.40. The molecular weight excluding hydrogens is 408 g/mol. The zero-order valence-electron chi connectivity index (χ0n) is 16.0. The van der Waals surface area contributed by atoms with E-state index in [1.165, 1.54) is 36.4 Å². The maximum atomic E-state index is 11.8. The smallest absolute Gasteiger partial charge is 0.255 e. The number of hydrogen-bond donors (Lipinski definition) is 8. The summed E-state index contributed by atoms with van der Waals surface area (Å²) in [4.78, 5) is 22.4. The summed E-state index contributed by atoms with van der Waals surface area (Å²) < 4.78 is 0. The van der Waals surface area contributed by atoms with Crippen LogP contribution in [0.4, 0.5) is 0 Å². The van der Waals surface area contributed by atoms with Crippen LogP contribution in [0.15, 0.2) is 54.6 Å². The Kier molecular flexibility index (Phi) is 7.13. The van der Waals surface area contributed by atoms with Crippen molar-refractivity contribution < 1.29 is 40.2 Å². The molecule has 3 aromatic rings. The Hall–Kier alpha value is -4.60. The van der Waals surface area contributed by atoms with Crippen molar-refractivity contribution in [1.29, 1.82) is 0 Å². The SMILES string of the molecule is NC(=O)c1ccc(O)cc1O.O=C(NCc1ccc(O)c(O)c1)c1ccc(O)cc1O. The number of phenols is 6. The summed E-state index contributed by atoms with van der Waals surface area (Å²) in [5, 5.41) is 57.5. The van der Waals surface area contributed by atoms with Gasteiger partial charge in [-0.2, -0.15) is 0 Å². The average molecular weight is 428 g/mol. The summed E-state index contributed by atoms with van der Waals surface area (Å²) in [5.41, 5.74) is 5.51. The van der Waals surface area contributed by atoms with E-state index < -0.39 is 11.8 Å². The third-order valence-electron chi connectivity index (χ3n) is 3.97. The number of hydrogen-bond acceptors (Lipinski definition) is 8. The van der Waals surface area contributed by atoms with Gasteiger partial charge in [0.1, 0.15) is 23.0 Å². The molecule has 9 N–H and O–H groups in total. The van der Waals surface area contributed by atoms with Crippen molar-refractivity contribution in [1.82, 2.24) is 5.32 Å². The number of nitrogens with one attached hydrogen (secondary N) is 1. The molecular formula is C21H20N2O8. The molecule has 2 amide bonds. The Morgan fingerprint density at radius 3 is 1.71 bits per heavy atom. The second kappa shape index (κ2) is 9.74. The van der Waals surface area contributed by atoms with Gasteiger partial charge in [-0.05, 0) is 42.0 Å². The zero-order chi connectivity index (χ0) is 23.1. The van der Waals surface area contributed by atoms with Gasteiger partial charge in [0.15, 0.2) is 11.5 Å². The highest BCUT2D eigenvalue weighted by Crippen LogP contribution is 2.25. The standard InChI is InChI=1S/C14H13NO5.C7H7NO3/c16-9-2-3-10(12(18)6-9)14(20)15-7-8-1-4-11(17)13(19)5-8;8-7(11)5-2-1-4(9)3-6(5)10/h1-6,16-19H,7H2,(H,15,20);1-3,9-10H,(H2,8,11). The number of carbonyl (C=O) groups is 2. The van der Waals surface area contributed by atoms with Gasteiger partial charge in [0.2, 0.25) is 0 Å². The van der Waals surface area contributed by atoms with Crippen molar-refractivity contribution in [3.05, 3.63) is 71.3 Å². The molecule has 0 saturated carbocycles. The second-order valence-corrected chi connectivity index (χ2v) is 6.27. The molecule has 0 aliphatic carbocycles. The largest absolute Gasteiger partial charge is 0.508 e. The molecule has 0 spiro atoms. The van der Waals surface area contributed by atoms with E-state index in [1.54, 1.807) is 6.07 Å². The fraction of sp³-hybridized carbons (Fsp3) is 0.0476. The first-order chi connectivity index (χ1) is 14.6. The van der Waals surface area contributed by atoms with Gasteiger partial charge in [0.05, 0.1) is 11.1 Å². The first-order valence-corrected chi connectivity index (χ1v) is 8.71. The van der Waals surface area contributed by atoms with Crippen molar-refractivity contribution in [2.24, 2.45) is 5.73 Å². The Balaban J connectivity index is 0.000000262. The zero-order valence-corrected chi connectivity index (χ0v) is 16.0. The summed E-state index contributed by atoms with van der Waals surface area (Å²) in [6, 6.07) is 11.4. The van der Waals surface area contributed by atoms with E-state index in [1.807, 2.05) is 0 Å². The maximum absolute atomic E-state index is 11.8. The highest BCUT2D eigenvalue weighted by Gasteiger charge is 2.11. The minimum Gasteiger partial charge on any atom is -0.508 e. The minimum absolute atomic E-state index is 0.00259. The van der Waals surface area contributed by atoms with Crippen LogP contribution in [0.25, 0.3) is 0 Å². The average Bonchev–Trinajstić information content (AvgIpc) is 2.69. The van der Waals surface area contributed by atoms with E-state index in [4.69, 9.17) is 26.2 Å². The van der Waals surface area contributed by atoms with E-state index in [2.05, 4.69) is 5.32 Å². The molecule has 3 rings (SSSR count). The Bertz CT molecular complexity index is 1110. The lowest BCUT2D eigenvalue weighted by Crippen LogP contribution is -2.22. The Morgan fingerprint density at radius 2 is 1.23 bits per heavy atom. The first-order valence-electron chi connectivity index (χ1n) is 8.71. The van der Waals surface area contributed by atoms with E-state index in [-0.39, 0.29) is 52.2 Å². The van der Waals surface area contributed by atoms with Gasteiger partial charge in [0, 0.05) is 18.7 Å². The summed E-state index contributed by atoms with van der Waals surface area (Å²) in [6.07, 6.45) is 0. The van der Waals surface area contributed by atoms with Crippen LogP contribution in [0, 0.1) is 0 Å². The van der Waals surface area contributed by atoms with E-state index in [0.717, 1.165) is 12.1 Å². The number of primary amides is 1. The van der Waals surface area contributed by atoms with Crippen molar-refractivity contribution >= 4 is 11.8 Å². The topological polar surface area (TPSA) is 194 Å². The van der Waals surface area contributed by atoms with Crippen LogP contribution in [0.1, 0.15) is 26.3 Å². The second-order valence-electron chi connectivity index (χ2n) is 6.27. The van der Waals surface area contributed by atoms with Gasteiger partial charge in [-0.1, -0.05) is 6.07 Å². The third kappa shape index (κ3) is 6.19. The van der Waals surface area contributed by atoms with Crippen LogP contribution in [0.5, 0.6) is 34.5 Å². The Labute approximate surface area is 176 Å². The van der Waals surface area contributed by atoms with E-state index >= 15 is 0 Å². The molecule has 0 atom stereocenters. The highest BCUT2D eigenvalue weighted by atomic mass is 16.3. The number of rotatable bonds is 4. The maximum Gasteiger partial charge on any atom is 0.255 e. The molecule has 0 fully saturated rings. The summed E-state index contributed by atoms with van der Waals surface area (Å²) in [7, 11) is 0. The number of amides is 2. The number of aromatic hydroxyl groups is 6. The fourth-order valence-electron chi connectivity index (χ4n) is 2.40. The summed E-state index contributed by atoms with van der Waals surface area (Å²) in [5.74, 6) is -2.62. The summed E-state index contributed by atoms with van der Waals surface area (Å²) >= 11 is 0. The van der Waals surface area contributed by atoms with Crippen LogP contribution in [0.3, 0.4) is 0 Å². The molecule has 10 heteroatoms. The van der Waals surface area contributed by atoms with Crippen LogP contribution >= 0.6 is 0 Å². The van der Waals surface area contributed by atoms with Crippen LogP contribution < -0.4 is 11.1 Å². The Morgan fingerprint density at radius 1 is 0.677 bits per heavy atom. The third-order valence-corrected chi connectivity index (χ3v) is 3.97. The quantitative estimate of drug-likeness (QED) is 0.287. The molecule has 0 heterocycles. The predicted molar refractivity (Wildman–Crippen MR) is 109 cm³/mol. The number of phenolic OH excluding ortho intramolecular Hbond substituents is 5. The molecule has 0 saturated heterocycles. The molecule has 0 bridgehead atoms. The number of benzene rings is 3. The lowest BCUT2D eigenvalue weighted by Gasteiger charge is -2.08. The van der Waals surface area contributed by atoms with Crippen molar-refractivity contribution in [2.45, 2.75) is 6.54 Å². The molecule has 162 valence electrons. The van der Waals surface area contributed by atoms with Gasteiger partial charge < -0.3 is 41.7 Å². The van der Waals surface area contributed by atoms with Gasteiger partial charge >= 0.3 is 0 Å². The van der Waals surface area contributed by atoms with Gasteiger partial charge in [-0.3, -0.25) is 9.59 Å². The first kappa shape index (κ1) is 22.7.